The molecule has 2 rings (SSSR count). The van der Waals surface area contributed by atoms with Gasteiger partial charge >= 0.3 is 0 Å². The average molecular weight is 245 g/mol. The van der Waals surface area contributed by atoms with Crippen molar-refractivity contribution >= 4 is 5.91 Å². The van der Waals surface area contributed by atoms with Crippen LogP contribution >= 0.6 is 0 Å². The fourth-order valence-electron chi connectivity index (χ4n) is 1.53. The number of hydrogen-bond donors (Lipinski definition) is 1. The zero-order valence-electron chi connectivity index (χ0n) is 10.4. The maximum Gasteiger partial charge on any atom is 0.247 e. The molecular formula is C13H15N3O2. The van der Waals surface area contributed by atoms with Gasteiger partial charge in [-0.15, -0.1) is 10.2 Å². The van der Waals surface area contributed by atoms with E-state index < -0.39 is 0 Å². The molecule has 94 valence electrons. The highest BCUT2D eigenvalue weighted by atomic mass is 16.4. The lowest BCUT2D eigenvalue weighted by Gasteiger charge is -1.97. The summed E-state index contributed by atoms with van der Waals surface area (Å²) < 4.78 is 5.44. The number of aryl methyl sites for hydroxylation is 1. The molecule has 18 heavy (non-hydrogen) atoms. The second-order valence-electron chi connectivity index (χ2n) is 4.00. The van der Waals surface area contributed by atoms with Crippen molar-refractivity contribution in [2.24, 2.45) is 0 Å². The highest BCUT2D eigenvalue weighted by Gasteiger charge is 2.11. The van der Waals surface area contributed by atoms with E-state index in [0.717, 1.165) is 5.56 Å². The van der Waals surface area contributed by atoms with Gasteiger partial charge in [-0.25, -0.2) is 0 Å². The Morgan fingerprint density at radius 3 is 2.67 bits per heavy atom. The van der Waals surface area contributed by atoms with Crippen LogP contribution in [0.15, 0.2) is 28.7 Å². The molecule has 0 spiro atoms. The number of likely N-dealkylation sites (N-methyl/N-ethyl adjacent to an activating group) is 1. The minimum absolute atomic E-state index is 0.114. The van der Waals surface area contributed by atoms with E-state index in [1.807, 2.05) is 38.1 Å². The number of rotatable bonds is 4. The van der Waals surface area contributed by atoms with E-state index in [1.165, 1.54) is 5.56 Å². The van der Waals surface area contributed by atoms with Crippen LogP contribution in [0.4, 0.5) is 0 Å². The lowest BCUT2D eigenvalue weighted by Crippen LogP contribution is -2.24. The first-order chi connectivity index (χ1) is 8.69. The number of carbonyl (C=O) groups excluding carboxylic acids is 1. The molecule has 0 saturated heterocycles. The Kier molecular flexibility index (Phi) is 3.72. The van der Waals surface area contributed by atoms with Gasteiger partial charge in [-0.3, -0.25) is 4.79 Å². The van der Waals surface area contributed by atoms with Gasteiger partial charge in [0.15, 0.2) is 0 Å². The minimum atomic E-state index is -0.114. The zero-order chi connectivity index (χ0) is 13.0. The van der Waals surface area contributed by atoms with Gasteiger partial charge in [-0.05, 0) is 26.0 Å². The first-order valence-corrected chi connectivity index (χ1v) is 5.85. The van der Waals surface area contributed by atoms with Crippen LogP contribution in [0.25, 0.3) is 11.5 Å². The molecule has 0 unspecified atom stereocenters. The highest BCUT2D eigenvalue weighted by Crippen LogP contribution is 2.18. The van der Waals surface area contributed by atoms with Crippen molar-refractivity contribution in [3.8, 4) is 11.5 Å². The molecule has 0 bridgehead atoms. The monoisotopic (exact) mass is 245 g/mol. The lowest BCUT2D eigenvalue weighted by molar-refractivity contribution is -0.120. The molecule has 1 heterocycles. The predicted octanol–water partition coefficient (Wildman–Crippen LogP) is 1.72. The number of nitrogens with zero attached hydrogens (tertiary/aromatic N) is 2. The molecule has 5 nitrogen and oxygen atoms in total. The molecule has 1 N–H and O–H groups in total. The van der Waals surface area contributed by atoms with Crippen molar-refractivity contribution in [1.29, 1.82) is 0 Å². The van der Waals surface area contributed by atoms with Crippen LogP contribution in [0.5, 0.6) is 0 Å². The van der Waals surface area contributed by atoms with Gasteiger partial charge in [0, 0.05) is 12.1 Å². The van der Waals surface area contributed by atoms with E-state index in [4.69, 9.17) is 4.42 Å². The second-order valence-corrected chi connectivity index (χ2v) is 4.00. The van der Waals surface area contributed by atoms with E-state index in [0.29, 0.717) is 18.3 Å². The van der Waals surface area contributed by atoms with E-state index in [2.05, 4.69) is 15.5 Å². The number of aromatic nitrogens is 2. The Balaban J connectivity index is 2.10. The first kappa shape index (κ1) is 12.3. The number of amides is 1. The molecule has 0 aliphatic heterocycles. The van der Waals surface area contributed by atoms with Crippen molar-refractivity contribution in [2.75, 3.05) is 6.54 Å². The molecule has 0 fully saturated rings. The number of hydrogen-bond acceptors (Lipinski definition) is 4. The Labute approximate surface area is 105 Å². The molecule has 2 aromatic rings. The fourth-order valence-corrected chi connectivity index (χ4v) is 1.53. The normalized spacial score (nSPS) is 10.3. The molecule has 1 aromatic carbocycles. The maximum absolute atomic E-state index is 11.4. The molecule has 0 radical (unpaired) electrons. The standard InChI is InChI=1S/C13H15N3O2/c1-3-14-11(17)8-12-15-16-13(18-12)10-6-4-9(2)5-7-10/h4-7H,3,8H2,1-2H3,(H,14,17). The zero-order valence-corrected chi connectivity index (χ0v) is 10.4. The van der Waals surface area contributed by atoms with Gasteiger partial charge in [0.25, 0.3) is 0 Å². The number of benzene rings is 1. The van der Waals surface area contributed by atoms with Crippen LogP contribution in [-0.4, -0.2) is 22.6 Å². The van der Waals surface area contributed by atoms with Gasteiger partial charge in [0.1, 0.15) is 6.42 Å². The van der Waals surface area contributed by atoms with Crippen LogP contribution in [0.3, 0.4) is 0 Å². The molecule has 1 amide bonds. The molecular weight excluding hydrogens is 230 g/mol. The molecule has 5 heteroatoms. The Bertz CT molecular complexity index is 531. The van der Waals surface area contributed by atoms with Crippen molar-refractivity contribution in [3.05, 3.63) is 35.7 Å². The number of carbonyl (C=O) groups is 1. The van der Waals surface area contributed by atoms with Crippen LogP contribution < -0.4 is 5.32 Å². The largest absolute Gasteiger partial charge is 0.420 e. The van der Waals surface area contributed by atoms with Crippen molar-refractivity contribution in [2.45, 2.75) is 20.3 Å². The van der Waals surface area contributed by atoms with Crippen LogP contribution in [0.1, 0.15) is 18.4 Å². The molecule has 0 saturated carbocycles. The Morgan fingerprint density at radius 1 is 1.28 bits per heavy atom. The third kappa shape index (κ3) is 2.94. The van der Waals surface area contributed by atoms with E-state index in [9.17, 15) is 4.79 Å². The quantitative estimate of drug-likeness (QED) is 0.890. The van der Waals surface area contributed by atoms with Gasteiger partial charge in [0.2, 0.25) is 17.7 Å². The Hall–Kier alpha value is -2.17. The summed E-state index contributed by atoms with van der Waals surface area (Å²) >= 11 is 0. The van der Waals surface area contributed by atoms with Gasteiger partial charge in [-0.2, -0.15) is 0 Å². The van der Waals surface area contributed by atoms with E-state index >= 15 is 0 Å². The number of nitrogens with one attached hydrogen (secondary N) is 1. The summed E-state index contributed by atoms with van der Waals surface area (Å²) in [6.45, 7) is 4.47. The summed E-state index contributed by atoms with van der Waals surface area (Å²) in [6, 6.07) is 7.78. The maximum atomic E-state index is 11.4. The average Bonchev–Trinajstić information content (AvgIpc) is 2.78. The van der Waals surface area contributed by atoms with Crippen molar-refractivity contribution in [1.82, 2.24) is 15.5 Å². The lowest BCUT2D eigenvalue weighted by atomic mass is 10.1. The predicted molar refractivity (Wildman–Crippen MR) is 66.9 cm³/mol. The third-order valence-electron chi connectivity index (χ3n) is 2.45. The summed E-state index contributed by atoms with van der Waals surface area (Å²) in [4.78, 5) is 11.4. The van der Waals surface area contributed by atoms with Gasteiger partial charge < -0.3 is 9.73 Å². The topological polar surface area (TPSA) is 68.0 Å². The molecule has 0 atom stereocenters. The summed E-state index contributed by atoms with van der Waals surface area (Å²) in [5.74, 6) is 0.655. The summed E-state index contributed by atoms with van der Waals surface area (Å²) in [6.07, 6.45) is 0.118. The van der Waals surface area contributed by atoms with E-state index in [-0.39, 0.29) is 12.3 Å². The van der Waals surface area contributed by atoms with E-state index in [1.54, 1.807) is 0 Å². The smallest absolute Gasteiger partial charge is 0.247 e. The first-order valence-electron chi connectivity index (χ1n) is 5.85. The summed E-state index contributed by atoms with van der Waals surface area (Å²) in [5.41, 5.74) is 2.02. The van der Waals surface area contributed by atoms with Crippen LogP contribution in [-0.2, 0) is 11.2 Å². The summed E-state index contributed by atoms with van der Waals surface area (Å²) in [7, 11) is 0. The van der Waals surface area contributed by atoms with Gasteiger partial charge in [-0.1, -0.05) is 17.7 Å². The molecule has 0 aliphatic carbocycles. The minimum Gasteiger partial charge on any atom is -0.420 e. The summed E-state index contributed by atoms with van der Waals surface area (Å²) in [5, 5.41) is 10.5. The highest BCUT2D eigenvalue weighted by molar-refractivity contribution is 5.77. The molecule has 1 aromatic heterocycles. The SMILES string of the molecule is CCNC(=O)Cc1nnc(-c2ccc(C)cc2)o1. The third-order valence-corrected chi connectivity index (χ3v) is 2.45. The van der Waals surface area contributed by atoms with Crippen molar-refractivity contribution < 1.29 is 9.21 Å². The molecule has 0 aliphatic rings. The van der Waals surface area contributed by atoms with Crippen LogP contribution in [0, 0.1) is 6.92 Å². The Morgan fingerprint density at radius 2 is 2.00 bits per heavy atom. The fraction of sp³-hybridized carbons (Fsp3) is 0.308. The van der Waals surface area contributed by atoms with Crippen LogP contribution in [0.2, 0.25) is 0 Å². The van der Waals surface area contributed by atoms with Crippen molar-refractivity contribution in [3.63, 3.8) is 0 Å². The second kappa shape index (κ2) is 5.44. The van der Waals surface area contributed by atoms with Gasteiger partial charge in [0.05, 0.1) is 0 Å².